The monoisotopic (exact) mass is 1010 g/mol. The molecule has 2 aromatic rings. The van der Waals surface area contributed by atoms with E-state index in [1.807, 2.05) is 0 Å². The third-order valence-electron chi connectivity index (χ3n) is 16.6. The van der Waals surface area contributed by atoms with Crippen molar-refractivity contribution < 1.29 is 58.5 Å². The molecule has 0 N–H and O–H groups in total. The molecule has 2 aromatic carbocycles. The van der Waals surface area contributed by atoms with E-state index >= 15 is 0 Å². The Morgan fingerprint density at radius 2 is 0.873 bits per heavy atom. The molecule has 2 saturated carbocycles. The molecule has 0 saturated heterocycles. The molecule has 3 aliphatic rings. The number of ether oxygens (including phenoxy) is 3. The van der Waals surface area contributed by atoms with Gasteiger partial charge in [-0.15, -0.1) is 0 Å². The molecule has 2 unspecified atom stereocenters. The molecular weight excluding hydrogens is 911 g/mol. The molecule has 1 spiro atoms. The largest absolute Gasteiger partial charge is 1.00 e. The van der Waals surface area contributed by atoms with Gasteiger partial charge < -0.3 is 24.1 Å². The van der Waals surface area contributed by atoms with Gasteiger partial charge in [0.25, 0.3) is 0 Å². The van der Waals surface area contributed by atoms with Crippen molar-refractivity contribution in [2.45, 2.75) is 301 Å². The van der Waals surface area contributed by atoms with Gasteiger partial charge in [0.1, 0.15) is 23.4 Å². The Morgan fingerprint density at radius 1 is 0.507 bits per heavy atom. The Hall–Kier alpha value is -1.73. The summed E-state index contributed by atoms with van der Waals surface area (Å²) in [6.45, 7) is 0.283. The van der Waals surface area contributed by atoms with Gasteiger partial charge in [-0.3, -0.25) is 0 Å². The van der Waals surface area contributed by atoms with E-state index in [0.29, 0.717) is 34.8 Å². The zero-order chi connectivity index (χ0) is 49.2. The summed E-state index contributed by atoms with van der Waals surface area (Å²) in [6.07, 6.45) is 61.3. The molecule has 0 radical (unpaired) electrons. The van der Waals surface area contributed by atoms with E-state index in [1.165, 1.54) is 263 Å². The molecule has 71 heavy (non-hydrogen) atoms. The van der Waals surface area contributed by atoms with Crippen LogP contribution in [0.1, 0.15) is 311 Å². The number of carbonyl (C=O) groups excluding carboxylic acids is 2. The van der Waals surface area contributed by atoms with Gasteiger partial charge in [-0.1, -0.05) is 262 Å². The van der Waals surface area contributed by atoms with E-state index in [-0.39, 0.29) is 58.7 Å². The minimum absolute atomic E-state index is 0. The van der Waals surface area contributed by atoms with Crippen molar-refractivity contribution in [3.8, 4) is 17.2 Å². The van der Waals surface area contributed by atoms with Crippen LogP contribution in [0.3, 0.4) is 0 Å². The van der Waals surface area contributed by atoms with Crippen LogP contribution in [0.25, 0.3) is 0 Å². The minimum atomic E-state index is -1.14. The maximum Gasteiger partial charge on any atom is 1.00 e. The molecule has 5 rings (SSSR count). The quantitative estimate of drug-likeness (QED) is 0.219. The van der Waals surface area contributed by atoms with Gasteiger partial charge in [-0.05, 0) is 74.3 Å². The fraction of sp³-hybridized carbons (Fsp3) is 0.778. The van der Waals surface area contributed by atoms with Crippen molar-refractivity contribution in [3.63, 3.8) is 0 Å². The maximum atomic E-state index is 13.5. The molecule has 2 fully saturated rings. The third-order valence-corrected chi connectivity index (χ3v) is 16.8. The fourth-order valence-corrected chi connectivity index (χ4v) is 12.3. The van der Waals surface area contributed by atoms with Crippen LogP contribution in [-0.4, -0.2) is 24.6 Å². The van der Waals surface area contributed by atoms with Crippen LogP contribution in [0.15, 0.2) is 36.4 Å². The molecule has 2 aliphatic carbocycles. The van der Waals surface area contributed by atoms with E-state index < -0.39 is 11.9 Å². The van der Waals surface area contributed by atoms with Gasteiger partial charge in [-0.2, -0.15) is 0 Å². The van der Waals surface area contributed by atoms with Gasteiger partial charge in [0.15, 0.2) is 0 Å². The molecule has 1 aliphatic heterocycles. The predicted molar refractivity (Wildman–Crippen MR) is 291 cm³/mol. The topological polar surface area (TPSA) is 84.9 Å². The number of benzene rings is 2. The predicted octanol–water partition coefficient (Wildman–Crippen LogP) is 16.5. The summed E-state index contributed by atoms with van der Waals surface area (Å²) in [5.74, 6) is -0.881. The average Bonchev–Trinajstić information content (AvgIpc) is 3.76. The van der Waals surface area contributed by atoms with Crippen molar-refractivity contribution in [2.24, 2.45) is 5.41 Å². The average molecular weight is 1010 g/mol. The van der Waals surface area contributed by atoms with Crippen LogP contribution in [-0.2, 0) is 9.53 Å². The van der Waals surface area contributed by atoms with Gasteiger partial charge in [-0.25, -0.2) is 4.79 Å². The molecule has 1 heterocycles. The Bertz CT molecular complexity index is 1640. The number of esters is 1. The first kappa shape index (κ1) is 61.8. The van der Waals surface area contributed by atoms with Crippen LogP contribution in [0.5, 0.6) is 17.2 Å². The van der Waals surface area contributed by atoms with Crippen LogP contribution < -0.4 is 44.1 Å². The minimum Gasteiger partial charge on any atom is -0.549 e. The summed E-state index contributed by atoms with van der Waals surface area (Å²) in [5, 5.41) is 11.9. The third kappa shape index (κ3) is 26.1. The summed E-state index contributed by atoms with van der Waals surface area (Å²) >= 11 is 6.52. The second-order valence-corrected chi connectivity index (χ2v) is 22.9. The standard InChI is InChI=1S/C63H101ClO6.Na/c64-58-50-57-56(61(65)66)45-49-68-59(57)51-60(58)69-54-42-40-53(41-43-54)62(67)70-55-44-48-63(52-55)46-38-36-34-32-30-28-26-24-22-20-18-16-14-12-10-8-6-4-2-1-3-5-7-9-11-13-15-17-19-21-23-25-27-29-31-33-35-37-39-47-63;/h40-43,50-51,55-56H,1-39,44-49,52H2,(H,65,66);/q;+1/p-1. The van der Waals surface area contributed by atoms with Crippen molar-refractivity contribution in [1.29, 1.82) is 0 Å². The molecule has 6 nitrogen and oxygen atoms in total. The summed E-state index contributed by atoms with van der Waals surface area (Å²) in [7, 11) is 0. The summed E-state index contributed by atoms with van der Waals surface area (Å²) in [5.41, 5.74) is 1.29. The molecule has 396 valence electrons. The second kappa shape index (κ2) is 38.8. The number of hydrogen-bond donors (Lipinski definition) is 0. The van der Waals surface area contributed by atoms with Crippen molar-refractivity contribution in [1.82, 2.24) is 0 Å². The zero-order valence-corrected chi connectivity index (χ0v) is 48.2. The smallest absolute Gasteiger partial charge is 0.549 e. The van der Waals surface area contributed by atoms with Gasteiger partial charge in [0, 0.05) is 23.5 Å². The van der Waals surface area contributed by atoms with E-state index in [1.54, 1.807) is 36.4 Å². The Morgan fingerprint density at radius 3 is 1.24 bits per heavy atom. The molecule has 0 bridgehead atoms. The van der Waals surface area contributed by atoms with Crippen molar-refractivity contribution >= 4 is 23.5 Å². The second-order valence-electron chi connectivity index (χ2n) is 22.5. The Balaban J connectivity index is 0.0000110. The van der Waals surface area contributed by atoms with Gasteiger partial charge in [0.05, 0.1) is 17.2 Å². The van der Waals surface area contributed by atoms with Crippen molar-refractivity contribution in [3.05, 3.63) is 52.5 Å². The molecule has 2 atom stereocenters. The first-order valence-electron chi connectivity index (χ1n) is 30.1. The first-order chi connectivity index (χ1) is 34.4. The number of aliphatic carboxylic acids is 1. The maximum absolute atomic E-state index is 13.5. The molecule has 0 aromatic heterocycles. The van der Waals surface area contributed by atoms with E-state index in [0.717, 1.165) is 19.3 Å². The van der Waals surface area contributed by atoms with E-state index in [4.69, 9.17) is 25.8 Å². The van der Waals surface area contributed by atoms with Crippen LogP contribution in [0, 0.1) is 5.41 Å². The molecule has 8 heteroatoms. The summed E-state index contributed by atoms with van der Waals surface area (Å²) in [6, 6.07) is 10.2. The SMILES string of the molecule is O=C(OC1CCC2(CCCCCCCCCCCCCCCCCCCCCCCCCCCCCCCCCCCCCCCCC2)C1)c1ccc(Oc2cc3c(cc2Cl)C(C(=O)[O-])CCO3)cc1.[Na+]. The number of hydrogen-bond acceptors (Lipinski definition) is 6. The van der Waals surface area contributed by atoms with Crippen molar-refractivity contribution in [2.75, 3.05) is 6.61 Å². The number of rotatable bonds is 5. The summed E-state index contributed by atoms with van der Waals surface area (Å²) < 4.78 is 18.0. The zero-order valence-electron chi connectivity index (χ0n) is 45.5. The molecular formula is C63H100ClNaO6. The number of fused-ring (bicyclic) bond motifs is 1. The fourth-order valence-electron chi connectivity index (χ4n) is 12.1. The first-order valence-corrected chi connectivity index (χ1v) is 30.5. The van der Waals surface area contributed by atoms with Gasteiger partial charge >= 0.3 is 35.5 Å². The molecule has 0 amide bonds. The van der Waals surface area contributed by atoms with E-state index in [9.17, 15) is 14.7 Å². The number of carbonyl (C=O) groups is 2. The number of halogens is 1. The Labute approximate surface area is 461 Å². The van der Waals surface area contributed by atoms with Gasteiger partial charge in [0.2, 0.25) is 0 Å². The normalized spacial score (nSPS) is 23.2. The number of carboxylic acid groups (broad SMARTS) is 1. The van der Waals surface area contributed by atoms with Crippen LogP contribution >= 0.6 is 11.6 Å². The number of carboxylic acids is 1. The van der Waals surface area contributed by atoms with Crippen LogP contribution in [0.2, 0.25) is 5.02 Å². The van der Waals surface area contributed by atoms with E-state index in [2.05, 4.69) is 0 Å². The Kier molecular flexibility index (Phi) is 33.8. The van der Waals surface area contributed by atoms with Crippen LogP contribution in [0.4, 0.5) is 0 Å². The summed E-state index contributed by atoms with van der Waals surface area (Å²) in [4.78, 5) is 25.2.